The first kappa shape index (κ1) is 27.8. The molecule has 13 heteroatoms. The van der Waals surface area contributed by atoms with Gasteiger partial charge in [0.2, 0.25) is 0 Å². The number of fused-ring (bicyclic) bond motifs is 3. The zero-order chi connectivity index (χ0) is 28.8. The third kappa shape index (κ3) is 5.61. The zero-order valence-corrected chi connectivity index (χ0v) is 23.0. The number of esters is 1. The Kier molecular flexibility index (Phi) is 7.21. The highest BCUT2D eigenvalue weighted by atomic mass is 32.2. The van der Waals surface area contributed by atoms with E-state index in [4.69, 9.17) is 4.74 Å². The van der Waals surface area contributed by atoms with Crippen LogP contribution in [0.15, 0.2) is 58.2 Å². The number of nitrogens with one attached hydrogen (secondary N) is 2. The first-order valence-corrected chi connectivity index (χ1v) is 14.7. The maximum Gasteiger partial charge on any atom is 0.416 e. The number of aryl methyl sites for hydroxylation is 1. The molecule has 0 fully saturated rings. The Labute approximate surface area is 231 Å². The van der Waals surface area contributed by atoms with Gasteiger partial charge in [-0.05, 0) is 74.1 Å². The topological polar surface area (TPSA) is 118 Å². The molecule has 0 saturated heterocycles. The predicted molar refractivity (Wildman–Crippen MR) is 144 cm³/mol. The Morgan fingerprint density at radius 2 is 1.95 bits per heavy atom. The summed E-state index contributed by atoms with van der Waals surface area (Å²) in [5.74, 6) is -0.183. The summed E-state index contributed by atoms with van der Waals surface area (Å²) in [5.41, 5.74) is -0.681. The van der Waals surface area contributed by atoms with Gasteiger partial charge in [0.05, 0.1) is 21.4 Å². The van der Waals surface area contributed by atoms with Crippen LogP contribution in [0.25, 0.3) is 10.2 Å². The van der Waals surface area contributed by atoms with Crippen molar-refractivity contribution < 1.29 is 31.1 Å². The molecule has 40 heavy (non-hydrogen) atoms. The van der Waals surface area contributed by atoms with Crippen LogP contribution in [0.3, 0.4) is 0 Å². The van der Waals surface area contributed by atoms with Crippen molar-refractivity contribution in [3.05, 3.63) is 86.3 Å². The summed E-state index contributed by atoms with van der Waals surface area (Å²) in [5, 5.41) is 0.570. The molecule has 0 aliphatic heterocycles. The number of rotatable bonds is 6. The SMILES string of the molecule is C[C@H]1CCc2c(sc3nc([C@@H](C)OC(=O)c4cccc(S(=O)(=O)Nc5cccc(C(F)(F)F)c5)c4)[nH]c(=O)c23)C1. The maximum absolute atomic E-state index is 13.0. The lowest BCUT2D eigenvalue weighted by Gasteiger charge is -2.17. The molecule has 5 rings (SSSR count). The molecule has 0 radical (unpaired) electrons. The molecule has 2 aromatic carbocycles. The number of thiophene rings is 1. The molecule has 0 bridgehead atoms. The standard InChI is InChI=1S/C27H24F3N3O5S2/c1-14-9-10-20-21(11-14)39-25-22(20)24(34)31-23(32-25)15(2)38-26(35)16-5-3-8-19(12-16)40(36,37)33-18-7-4-6-17(13-18)27(28,29)30/h3-8,12-15,33H,9-11H2,1-2H3,(H,31,32,34)/t14-,15+/m0/s1. The molecule has 2 atom stereocenters. The molecule has 0 saturated carbocycles. The number of aromatic amines is 1. The van der Waals surface area contributed by atoms with Gasteiger partial charge >= 0.3 is 12.1 Å². The van der Waals surface area contributed by atoms with Crippen molar-refractivity contribution in [1.82, 2.24) is 9.97 Å². The van der Waals surface area contributed by atoms with Gasteiger partial charge < -0.3 is 9.72 Å². The molecule has 210 valence electrons. The monoisotopic (exact) mass is 591 g/mol. The zero-order valence-electron chi connectivity index (χ0n) is 21.3. The first-order valence-electron chi connectivity index (χ1n) is 12.4. The molecule has 2 N–H and O–H groups in total. The van der Waals surface area contributed by atoms with E-state index in [0.717, 1.165) is 47.9 Å². The number of halogens is 3. The van der Waals surface area contributed by atoms with Gasteiger partial charge in [-0.1, -0.05) is 19.1 Å². The van der Waals surface area contributed by atoms with Gasteiger partial charge in [0, 0.05) is 10.6 Å². The van der Waals surface area contributed by atoms with Crippen LogP contribution in [-0.4, -0.2) is 24.4 Å². The number of carbonyl (C=O) groups excluding carboxylic acids is 1. The lowest BCUT2D eigenvalue weighted by atomic mass is 9.89. The Morgan fingerprint density at radius 3 is 2.70 bits per heavy atom. The fourth-order valence-corrected chi connectivity index (χ4v) is 7.09. The van der Waals surface area contributed by atoms with Gasteiger partial charge in [-0.2, -0.15) is 13.2 Å². The quantitative estimate of drug-likeness (QED) is 0.272. The minimum absolute atomic E-state index is 0.109. The second-order valence-corrected chi connectivity index (χ2v) is 12.5. The largest absolute Gasteiger partial charge is 0.451 e. The van der Waals surface area contributed by atoms with Crippen LogP contribution in [0, 0.1) is 5.92 Å². The summed E-state index contributed by atoms with van der Waals surface area (Å²) < 4.78 is 72.3. The second kappa shape index (κ2) is 10.4. The number of anilines is 1. The second-order valence-electron chi connectivity index (χ2n) is 9.74. The summed E-state index contributed by atoms with van der Waals surface area (Å²) in [6, 6.07) is 8.66. The number of sulfonamides is 1. The molecule has 0 unspecified atom stereocenters. The van der Waals surface area contributed by atoms with Gasteiger partial charge in [0.15, 0.2) is 11.9 Å². The van der Waals surface area contributed by atoms with E-state index < -0.39 is 33.8 Å². The highest BCUT2D eigenvalue weighted by Crippen LogP contribution is 2.36. The van der Waals surface area contributed by atoms with E-state index in [0.29, 0.717) is 22.2 Å². The number of hydrogen-bond donors (Lipinski definition) is 2. The average molecular weight is 592 g/mol. The molecule has 1 aliphatic carbocycles. The predicted octanol–water partition coefficient (Wildman–Crippen LogP) is 5.85. The van der Waals surface area contributed by atoms with Crippen LogP contribution in [0.1, 0.15) is 58.6 Å². The summed E-state index contributed by atoms with van der Waals surface area (Å²) in [7, 11) is -4.33. The summed E-state index contributed by atoms with van der Waals surface area (Å²) >= 11 is 1.46. The lowest BCUT2D eigenvalue weighted by Crippen LogP contribution is -2.18. The molecular formula is C27H24F3N3O5S2. The molecule has 0 amide bonds. The van der Waals surface area contributed by atoms with Crippen molar-refractivity contribution in [2.75, 3.05) is 4.72 Å². The highest BCUT2D eigenvalue weighted by molar-refractivity contribution is 7.92. The Morgan fingerprint density at radius 1 is 1.20 bits per heavy atom. The van der Waals surface area contributed by atoms with Crippen molar-refractivity contribution >= 4 is 43.2 Å². The summed E-state index contributed by atoms with van der Waals surface area (Å²) in [6.45, 7) is 3.70. The summed E-state index contributed by atoms with van der Waals surface area (Å²) in [4.78, 5) is 34.4. The lowest BCUT2D eigenvalue weighted by molar-refractivity contribution is -0.137. The molecular weight excluding hydrogens is 567 g/mol. The van der Waals surface area contributed by atoms with Crippen molar-refractivity contribution in [1.29, 1.82) is 0 Å². The Bertz CT molecular complexity index is 1780. The number of carbonyl (C=O) groups is 1. The van der Waals surface area contributed by atoms with Crippen molar-refractivity contribution in [2.45, 2.75) is 50.3 Å². The molecule has 2 aromatic heterocycles. The van der Waals surface area contributed by atoms with Crippen LogP contribution in [0.5, 0.6) is 0 Å². The minimum Gasteiger partial charge on any atom is -0.451 e. The van der Waals surface area contributed by atoms with Gasteiger partial charge in [0.1, 0.15) is 4.83 Å². The average Bonchev–Trinajstić information content (AvgIpc) is 3.26. The van der Waals surface area contributed by atoms with E-state index in [1.165, 1.54) is 42.5 Å². The van der Waals surface area contributed by atoms with Crippen LogP contribution in [0.4, 0.5) is 18.9 Å². The number of alkyl halides is 3. The van der Waals surface area contributed by atoms with Gasteiger partial charge in [-0.25, -0.2) is 18.2 Å². The number of hydrogen-bond acceptors (Lipinski definition) is 7. The van der Waals surface area contributed by atoms with E-state index in [1.54, 1.807) is 0 Å². The molecule has 8 nitrogen and oxygen atoms in total. The van der Waals surface area contributed by atoms with Gasteiger partial charge in [0.25, 0.3) is 15.6 Å². The van der Waals surface area contributed by atoms with Crippen molar-refractivity contribution in [3.8, 4) is 0 Å². The Hall–Kier alpha value is -3.71. The van der Waals surface area contributed by atoms with Crippen molar-refractivity contribution in [2.24, 2.45) is 5.92 Å². The fraction of sp³-hybridized carbons (Fsp3) is 0.296. The number of H-pyrrole nitrogens is 1. The molecule has 4 aromatic rings. The van der Waals surface area contributed by atoms with E-state index >= 15 is 0 Å². The Balaban J connectivity index is 1.34. The van der Waals surface area contributed by atoms with E-state index in [1.807, 2.05) is 0 Å². The number of nitrogens with zero attached hydrogens (tertiary/aromatic N) is 1. The fourth-order valence-electron chi connectivity index (χ4n) is 4.61. The minimum atomic E-state index is -4.65. The van der Waals surface area contributed by atoms with E-state index in [2.05, 4.69) is 21.6 Å². The van der Waals surface area contributed by atoms with Crippen molar-refractivity contribution in [3.63, 3.8) is 0 Å². The number of benzene rings is 2. The third-order valence-corrected chi connectivity index (χ3v) is 9.20. The van der Waals surface area contributed by atoms with Crippen LogP contribution < -0.4 is 10.3 Å². The highest BCUT2D eigenvalue weighted by Gasteiger charge is 2.31. The van der Waals surface area contributed by atoms with Crippen LogP contribution in [-0.2, 0) is 33.8 Å². The molecule has 1 aliphatic rings. The van der Waals surface area contributed by atoms with E-state index in [9.17, 15) is 31.2 Å². The van der Waals surface area contributed by atoms with Gasteiger partial charge in [-0.3, -0.25) is 9.52 Å². The van der Waals surface area contributed by atoms with Crippen LogP contribution >= 0.6 is 11.3 Å². The smallest absolute Gasteiger partial charge is 0.416 e. The van der Waals surface area contributed by atoms with Crippen LogP contribution in [0.2, 0.25) is 0 Å². The maximum atomic E-state index is 13.0. The van der Waals surface area contributed by atoms with E-state index in [-0.39, 0.29) is 27.5 Å². The van der Waals surface area contributed by atoms with Gasteiger partial charge in [-0.15, -0.1) is 11.3 Å². The first-order chi connectivity index (χ1) is 18.8. The normalized spacial score (nSPS) is 16.4. The number of aromatic nitrogens is 2. The molecule has 0 spiro atoms. The molecule has 2 heterocycles. The third-order valence-electron chi connectivity index (χ3n) is 6.67. The summed E-state index contributed by atoms with van der Waals surface area (Å²) in [6.07, 6.45) is -2.90. The number of ether oxygens (including phenoxy) is 1.